The lowest BCUT2D eigenvalue weighted by atomic mass is 10.1. The Morgan fingerprint density at radius 3 is 2.76 bits per heavy atom. The van der Waals surface area contributed by atoms with Crippen molar-refractivity contribution in [3.8, 4) is 5.75 Å². The number of thioether (sulfide) groups is 1. The van der Waals surface area contributed by atoms with E-state index in [1.807, 2.05) is 30.3 Å². The van der Waals surface area contributed by atoms with Crippen LogP contribution >= 0.6 is 23.4 Å². The van der Waals surface area contributed by atoms with E-state index in [1.165, 1.54) is 5.56 Å². The highest BCUT2D eigenvalue weighted by molar-refractivity contribution is 7.99. The molecule has 2 rings (SSSR count). The summed E-state index contributed by atoms with van der Waals surface area (Å²) in [6.45, 7) is 3.09. The van der Waals surface area contributed by atoms with Crippen LogP contribution in [0, 0.1) is 0 Å². The Bertz CT molecular complexity index is 576. The summed E-state index contributed by atoms with van der Waals surface area (Å²) < 4.78 is 5.26. The molecule has 0 fully saturated rings. The topological polar surface area (TPSA) is 21.3 Å². The maximum absolute atomic E-state index is 6.14. The average Bonchev–Trinajstić information content (AvgIpc) is 2.53. The monoisotopic (exact) mass is 321 g/mol. The Labute approximate surface area is 135 Å². The van der Waals surface area contributed by atoms with E-state index in [1.54, 1.807) is 18.9 Å². The fourth-order valence-electron chi connectivity index (χ4n) is 2.03. The first-order valence-corrected chi connectivity index (χ1v) is 8.31. The Morgan fingerprint density at radius 1 is 1.19 bits per heavy atom. The molecule has 0 aliphatic carbocycles. The number of hydrogen-bond donors (Lipinski definition) is 1. The molecule has 2 nitrogen and oxygen atoms in total. The summed E-state index contributed by atoms with van der Waals surface area (Å²) in [5.74, 6) is 1.88. The van der Waals surface area contributed by atoms with E-state index in [0.29, 0.717) is 6.04 Å². The summed E-state index contributed by atoms with van der Waals surface area (Å²) in [5, 5.41) is 4.34. The van der Waals surface area contributed by atoms with E-state index >= 15 is 0 Å². The van der Waals surface area contributed by atoms with Crippen LogP contribution in [0.4, 0.5) is 0 Å². The van der Waals surface area contributed by atoms with Crippen molar-refractivity contribution in [1.82, 2.24) is 5.32 Å². The zero-order chi connectivity index (χ0) is 15.1. The molecular weight excluding hydrogens is 302 g/mol. The van der Waals surface area contributed by atoms with Gasteiger partial charge in [0.05, 0.1) is 12.1 Å². The number of rotatable bonds is 7. The lowest BCUT2D eigenvalue weighted by Gasteiger charge is -2.15. The first-order chi connectivity index (χ1) is 10.2. The molecule has 0 heterocycles. The van der Waals surface area contributed by atoms with Gasteiger partial charge >= 0.3 is 0 Å². The molecule has 0 spiro atoms. The van der Waals surface area contributed by atoms with Crippen LogP contribution in [-0.4, -0.2) is 19.4 Å². The molecule has 0 unspecified atom stereocenters. The van der Waals surface area contributed by atoms with Crippen LogP contribution < -0.4 is 10.1 Å². The van der Waals surface area contributed by atoms with Crippen molar-refractivity contribution in [3.05, 3.63) is 59.1 Å². The molecule has 0 saturated heterocycles. The van der Waals surface area contributed by atoms with Crippen LogP contribution in [0.25, 0.3) is 0 Å². The highest BCUT2D eigenvalue weighted by Crippen LogP contribution is 2.26. The van der Waals surface area contributed by atoms with Gasteiger partial charge in [-0.25, -0.2) is 0 Å². The van der Waals surface area contributed by atoms with Crippen LogP contribution in [0.15, 0.2) is 53.4 Å². The zero-order valence-electron chi connectivity index (χ0n) is 12.3. The van der Waals surface area contributed by atoms with Gasteiger partial charge in [0.15, 0.2) is 0 Å². The summed E-state index contributed by atoms with van der Waals surface area (Å²) in [4.78, 5) is 1.13. The Balaban J connectivity index is 1.79. The van der Waals surface area contributed by atoms with E-state index in [9.17, 15) is 0 Å². The van der Waals surface area contributed by atoms with Crippen molar-refractivity contribution >= 4 is 23.4 Å². The lowest BCUT2D eigenvalue weighted by Crippen LogP contribution is -2.21. The van der Waals surface area contributed by atoms with Gasteiger partial charge in [0, 0.05) is 23.2 Å². The third-order valence-corrected chi connectivity index (χ3v) is 4.76. The minimum Gasteiger partial charge on any atom is -0.497 e. The van der Waals surface area contributed by atoms with E-state index in [4.69, 9.17) is 16.3 Å². The van der Waals surface area contributed by atoms with Crippen molar-refractivity contribution in [2.24, 2.45) is 0 Å². The quantitative estimate of drug-likeness (QED) is 0.585. The van der Waals surface area contributed by atoms with Gasteiger partial charge in [0.1, 0.15) is 5.75 Å². The first-order valence-electron chi connectivity index (χ1n) is 6.95. The molecule has 0 aromatic heterocycles. The number of hydrogen-bond acceptors (Lipinski definition) is 3. The second-order valence-corrected chi connectivity index (χ2v) is 6.28. The molecule has 21 heavy (non-hydrogen) atoms. The van der Waals surface area contributed by atoms with E-state index in [2.05, 4.69) is 30.4 Å². The Kier molecular flexibility index (Phi) is 6.43. The molecule has 112 valence electrons. The van der Waals surface area contributed by atoms with Crippen LogP contribution in [0.1, 0.15) is 18.5 Å². The molecular formula is C17H20ClNOS. The summed E-state index contributed by atoms with van der Waals surface area (Å²) >= 11 is 7.91. The number of nitrogens with one attached hydrogen (secondary N) is 1. The normalized spacial score (nSPS) is 12.1. The van der Waals surface area contributed by atoms with Gasteiger partial charge in [-0.05, 0) is 36.8 Å². The van der Waals surface area contributed by atoms with Crippen LogP contribution in [0.2, 0.25) is 5.02 Å². The first kappa shape index (κ1) is 16.2. The summed E-state index contributed by atoms with van der Waals surface area (Å²) in [6, 6.07) is 16.4. The van der Waals surface area contributed by atoms with Crippen molar-refractivity contribution in [3.63, 3.8) is 0 Å². The third-order valence-electron chi connectivity index (χ3n) is 3.24. The van der Waals surface area contributed by atoms with E-state index < -0.39 is 0 Å². The second-order valence-electron chi connectivity index (χ2n) is 4.73. The minimum atomic E-state index is 0.298. The number of benzene rings is 2. The Hall–Kier alpha value is -1.16. The fourth-order valence-corrected chi connectivity index (χ4v) is 3.15. The van der Waals surface area contributed by atoms with Gasteiger partial charge in [-0.3, -0.25) is 0 Å². The fraction of sp³-hybridized carbons (Fsp3) is 0.294. The van der Waals surface area contributed by atoms with Gasteiger partial charge in [0.2, 0.25) is 0 Å². The van der Waals surface area contributed by atoms with Gasteiger partial charge in [-0.15, -0.1) is 11.8 Å². The van der Waals surface area contributed by atoms with Crippen molar-refractivity contribution in [1.29, 1.82) is 0 Å². The SMILES string of the molecule is COc1cccc([C@@H](C)NCCSc2ccccc2Cl)c1. The van der Waals surface area contributed by atoms with Crippen LogP contribution in [-0.2, 0) is 0 Å². The molecule has 0 saturated carbocycles. The predicted octanol–water partition coefficient (Wildman–Crippen LogP) is 4.79. The lowest BCUT2D eigenvalue weighted by molar-refractivity contribution is 0.413. The highest BCUT2D eigenvalue weighted by Gasteiger charge is 2.06. The summed E-state index contributed by atoms with van der Waals surface area (Å²) in [6.07, 6.45) is 0. The molecule has 2 aromatic carbocycles. The summed E-state index contributed by atoms with van der Waals surface area (Å²) in [5.41, 5.74) is 1.23. The minimum absolute atomic E-state index is 0.298. The Morgan fingerprint density at radius 2 is 2.00 bits per heavy atom. The number of methoxy groups -OCH3 is 1. The van der Waals surface area contributed by atoms with E-state index in [-0.39, 0.29) is 0 Å². The molecule has 2 aromatic rings. The van der Waals surface area contributed by atoms with Crippen molar-refractivity contribution in [2.45, 2.75) is 17.9 Å². The van der Waals surface area contributed by atoms with Crippen LogP contribution in [0.5, 0.6) is 5.75 Å². The van der Waals surface area contributed by atoms with E-state index in [0.717, 1.165) is 28.0 Å². The maximum Gasteiger partial charge on any atom is 0.119 e. The molecule has 0 aliphatic heterocycles. The second kappa shape index (κ2) is 8.32. The van der Waals surface area contributed by atoms with Crippen molar-refractivity contribution < 1.29 is 4.74 Å². The molecule has 0 amide bonds. The zero-order valence-corrected chi connectivity index (χ0v) is 13.9. The van der Waals surface area contributed by atoms with Gasteiger partial charge < -0.3 is 10.1 Å². The molecule has 0 bridgehead atoms. The van der Waals surface area contributed by atoms with Gasteiger partial charge in [0.25, 0.3) is 0 Å². The largest absolute Gasteiger partial charge is 0.497 e. The molecule has 1 atom stereocenters. The van der Waals surface area contributed by atoms with Crippen LogP contribution in [0.3, 0.4) is 0 Å². The molecule has 0 aliphatic rings. The number of halogens is 1. The smallest absolute Gasteiger partial charge is 0.119 e. The molecule has 0 radical (unpaired) electrons. The van der Waals surface area contributed by atoms with Gasteiger partial charge in [-0.2, -0.15) is 0 Å². The highest BCUT2D eigenvalue weighted by atomic mass is 35.5. The molecule has 4 heteroatoms. The van der Waals surface area contributed by atoms with Crippen molar-refractivity contribution in [2.75, 3.05) is 19.4 Å². The third kappa shape index (κ3) is 4.95. The average molecular weight is 322 g/mol. The van der Waals surface area contributed by atoms with Gasteiger partial charge in [-0.1, -0.05) is 35.9 Å². The number of ether oxygens (including phenoxy) is 1. The standard InChI is InChI=1S/C17H20ClNOS/c1-13(14-6-5-7-15(12-14)20-2)19-10-11-21-17-9-4-3-8-16(17)18/h3-9,12-13,19H,10-11H2,1-2H3/t13-/m1/s1. The summed E-state index contributed by atoms with van der Waals surface area (Å²) in [7, 11) is 1.69. The maximum atomic E-state index is 6.14. The molecule has 1 N–H and O–H groups in total. The predicted molar refractivity (Wildman–Crippen MR) is 91.6 cm³/mol.